The molecule has 2 heterocycles. The summed E-state index contributed by atoms with van der Waals surface area (Å²) in [5.74, 6) is -0.256. The zero-order valence-electron chi connectivity index (χ0n) is 20.4. The van der Waals surface area contributed by atoms with Gasteiger partial charge in [-0.05, 0) is 77.3 Å². The molecule has 0 aliphatic heterocycles. The van der Waals surface area contributed by atoms with E-state index in [1.54, 1.807) is 18.2 Å². The van der Waals surface area contributed by atoms with E-state index in [0.29, 0.717) is 27.4 Å². The standard InChI is InChI=1S/C26H19ClN4O7S/c1-15-11-16(3-7-20(15)27)17-4-8-22(23(13-17)37-2)30-21-9-6-19(12-18(21)5-10-24(30)32)39(35,36)31(26(33)34)25-28-14-38-29-25/h3-14H,1-2H3,(H,33,34). The van der Waals surface area contributed by atoms with Gasteiger partial charge in [0.15, 0.2) is 0 Å². The maximum absolute atomic E-state index is 13.2. The SMILES string of the molecule is COc1cc(-c2ccc(Cl)c(C)c2)ccc1-n1c(=O)ccc2cc(S(=O)(=O)N(C(=O)O)c3ncon3)ccc21. The van der Waals surface area contributed by atoms with Crippen molar-refractivity contribution in [1.29, 1.82) is 0 Å². The van der Waals surface area contributed by atoms with Crippen molar-refractivity contribution in [2.45, 2.75) is 11.8 Å². The fourth-order valence-corrected chi connectivity index (χ4v) is 5.50. The molecule has 2 aromatic heterocycles. The average Bonchev–Trinajstić information content (AvgIpc) is 3.43. The molecule has 0 atom stereocenters. The third kappa shape index (κ3) is 4.60. The number of carbonyl (C=O) groups is 1. The summed E-state index contributed by atoms with van der Waals surface area (Å²) in [6.07, 6.45) is -1.01. The zero-order valence-corrected chi connectivity index (χ0v) is 22.0. The molecule has 1 amide bonds. The van der Waals surface area contributed by atoms with Crippen LogP contribution in [0, 0.1) is 6.92 Å². The van der Waals surface area contributed by atoms with E-state index < -0.39 is 22.1 Å². The maximum atomic E-state index is 13.2. The van der Waals surface area contributed by atoms with E-state index in [4.69, 9.17) is 16.3 Å². The summed E-state index contributed by atoms with van der Waals surface area (Å²) in [7, 11) is -3.15. The highest BCUT2D eigenvalue weighted by Crippen LogP contribution is 2.33. The van der Waals surface area contributed by atoms with Gasteiger partial charge in [-0.25, -0.2) is 13.2 Å². The molecule has 1 N–H and O–H groups in total. The van der Waals surface area contributed by atoms with Crippen LogP contribution in [0.5, 0.6) is 5.75 Å². The number of carboxylic acid groups (broad SMARTS) is 1. The number of hydrogen-bond acceptors (Lipinski definition) is 8. The molecule has 0 radical (unpaired) electrons. The summed E-state index contributed by atoms with van der Waals surface area (Å²) in [4.78, 5) is 28.0. The third-order valence-electron chi connectivity index (χ3n) is 6.02. The van der Waals surface area contributed by atoms with Gasteiger partial charge >= 0.3 is 6.09 Å². The minimum absolute atomic E-state index is 0.00786. The Morgan fingerprint density at radius 2 is 1.79 bits per heavy atom. The van der Waals surface area contributed by atoms with Crippen molar-refractivity contribution in [2.24, 2.45) is 0 Å². The first-order valence-corrected chi connectivity index (χ1v) is 13.1. The summed E-state index contributed by atoms with van der Waals surface area (Å²) in [6, 6.07) is 17.6. The van der Waals surface area contributed by atoms with E-state index >= 15 is 0 Å². The van der Waals surface area contributed by atoms with Gasteiger partial charge in [0, 0.05) is 16.5 Å². The molecular weight excluding hydrogens is 548 g/mol. The maximum Gasteiger partial charge on any atom is 0.428 e. The second-order valence-corrected chi connectivity index (χ2v) is 10.6. The van der Waals surface area contributed by atoms with E-state index in [-0.39, 0.29) is 14.8 Å². The monoisotopic (exact) mass is 566 g/mol. The minimum atomic E-state index is -4.63. The van der Waals surface area contributed by atoms with E-state index in [1.165, 1.54) is 42.0 Å². The minimum Gasteiger partial charge on any atom is -0.495 e. The molecule has 39 heavy (non-hydrogen) atoms. The van der Waals surface area contributed by atoms with Gasteiger partial charge in [-0.15, -0.1) is 4.31 Å². The van der Waals surface area contributed by atoms with Crippen LogP contribution in [0.15, 0.2) is 87.3 Å². The van der Waals surface area contributed by atoms with Crippen LogP contribution >= 0.6 is 11.6 Å². The smallest absolute Gasteiger partial charge is 0.428 e. The molecule has 0 unspecified atom stereocenters. The van der Waals surface area contributed by atoms with Crippen molar-refractivity contribution in [3.05, 3.63) is 94.1 Å². The molecule has 0 saturated carbocycles. The zero-order chi connectivity index (χ0) is 27.9. The van der Waals surface area contributed by atoms with Crippen LogP contribution in [0.1, 0.15) is 5.56 Å². The van der Waals surface area contributed by atoms with Gasteiger partial charge in [0.1, 0.15) is 5.75 Å². The van der Waals surface area contributed by atoms with Crippen LogP contribution in [0.25, 0.3) is 27.7 Å². The Kier molecular flexibility index (Phi) is 6.58. The lowest BCUT2D eigenvalue weighted by Gasteiger charge is -2.17. The van der Waals surface area contributed by atoms with Gasteiger partial charge < -0.3 is 14.4 Å². The summed E-state index contributed by atoms with van der Waals surface area (Å²) in [6.45, 7) is 1.90. The molecule has 5 aromatic rings. The number of fused-ring (bicyclic) bond motifs is 1. The van der Waals surface area contributed by atoms with Crippen molar-refractivity contribution >= 4 is 44.6 Å². The number of halogens is 1. The molecule has 0 saturated heterocycles. The second-order valence-electron chi connectivity index (χ2n) is 8.36. The van der Waals surface area contributed by atoms with Gasteiger partial charge in [-0.3, -0.25) is 9.36 Å². The summed E-state index contributed by atoms with van der Waals surface area (Å²) >= 11 is 6.16. The lowest BCUT2D eigenvalue weighted by atomic mass is 10.0. The molecule has 3 aromatic carbocycles. The summed E-state index contributed by atoms with van der Waals surface area (Å²) < 4.78 is 37.9. The number of amides is 1. The van der Waals surface area contributed by atoms with E-state index in [9.17, 15) is 23.1 Å². The number of nitrogens with zero attached hydrogens (tertiary/aromatic N) is 4. The third-order valence-corrected chi connectivity index (χ3v) is 8.09. The van der Waals surface area contributed by atoms with E-state index in [0.717, 1.165) is 23.1 Å². The lowest BCUT2D eigenvalue weighted by molar-refractivity contribution is 0.205. The number of anilines is 1. The van der Waals surface area contributed by atoms with Crippen molar-refractivity contribution in [1.82, 2.24) is 14.7 Å². The molecule has 0 spiro atoms. The molecule has 13 heteroatoms. The van der Waals surface area contributed by atoms with Crippen LogP contribution < -0.4 is 14.6 Å². The first kappa shape index (κ1) is 25.9. The number of rotatable bonds is 6. The van der Waals surface area contributed by atoms with E-state index in [2.05, 4.69) is 14.7 Å². The number of aryl methyl sites for hydroxylation is 1. The molecule has 198 valence electrons. The van der Waals surface area contributed by atoms with Gasteiger partial charge in [-0.2, -0.15) is 4.98 Å². The van der Waals surface area contributed by atoms with Crippen LogP contribution in [0.4, 0.5) is 10.7 Å². The number of pyridine rings is 1. The van der Waals surface area contributed by atoms with Gasteiger partial charge in [0.05, 0.1) is 23.2 Å². The molecule has 0 fully saturated rings. The Bertz CT molecular complexity index is 1900. The highest BCUT2D eigenvalue weighted by molar-refractivity contribution is 7.93. The van der Waals surface area contributed by atoms with Crippen molar-refractivity contribution in [3.63, 3.8) is 0 Å². The second kappa shape index (κ2) is 9.89. The van der Waals surface area contributed by atoms with Gasteiger partial charge in [-0.1, -0.05) is 23.7 Å². The Balaban J connectivity index is 1.63. The van der Waals surface area contributed by atoms with Gasteiger partial charge in [0.25, 0.3) is 21.5 Å². The number of sulfonamides is 1. The largest absolute Gasteiger partial charge is 0.495 e. The average molecular weight is 567 g/mol. The number of benzene rings is 3. The normalized spacial score (nSPS) is 11.5. The predicted molar refractivity (Wildman–Crippen MR) is 143 cm³/mol. The predicted octanol–water partition coefficient (Wildman–Crippen LogP) is 4.88. The molecule has 0 aliphatic carbocycles. The molecular formula is C26H19ClN4O7S. The summed E-state index contributed by atoms with van der Waals surface area (Å²) in [5.41, 5.74) is 3.08. The molecule has 0 bridgehead atoms. The Morgan fingerprint density at radius 1 is 1.05 bits per heavy atom. The molecule has 11 nitrogen and oxygen atoms in total. The Labute approximate surface area is 226 Å². The van der Waals surface area contributed by atoms with Gasteiger partial charge in [0.2, 0.25) is 6.39 Å². The van der Waals surface area contributed by atoms with Crippen molar-refractivity contribution in [3.8, 4) is 22.6 Å². The lowest BCUT2D eigenvalue weighted by Crippen LogP contribution is -2.36. The fourth-order valence-electron chi connectivity index (χ4n) is 4.15. The van der Waals surface area contributed by atoms with Crippen molar-refractivity contribution < 1.29 is 27.6 Å². The van der Waals surface area contributed by atoms with Crippen molar-refractivity contribution in [2.75, 3.05) is 11.4 Å². The quantitative estimate of drug-likeness (QED) is 0.304. The first-order chi connectivity index (χ1) is 18.6. The number of methoxy groups -OCH3 is 1. The fraction of sp³-hybridized carbons (Fsp3) is 0.0769. The Morgan fingerprint density at radius 3 is 2.46 bits per heavy atom. The van der Waals surface area contributed by atoms with Crippen LogP contribution in [-0.2, 0) is 10.0 Å². The summed E-state index contributed by atoms with van der Waals surface area (Å²) in [5, 5.41) is 13.9. The molecule has 0 aliphatic rings. The highest BCUT2D eigenvalue weighted by Gasteiger charge is 2.34. The topological polar surface area (TPSA) is 145 Å². The number of ether oxygens (including phenoxy) is 1. The highest BCUT2D eigenvalue weighted by atomic mass is 35.5. The first-order valence-electron chi connectivity index (χ1n) is 11.3. The van der Waals surface area contributed by atoms with Crippen LogP contribution in [-0.4, -0.2) is 41.4 Å². The number of hydrogen-bond donors (Lipinski definition) is 1. The molecule has 5 rings (SSSR count). The van der Waals surface area contributed by atoms with Crippen LogP contribution in [0.3, 0.4) is 0 Å². The van der Waals surface area contributed by atoms with E-state index in [1.807, 2.05) is 25.1 Å². The number of aromatic nitrogens is 3. The van der Waals surface area contributed by atoms with Crippen LogP contribution in [0.2, 0.25) is 5.02 Å². The Hall–Kier alpha value is -4.68.